The summed E-state index contributed by atoms with van der Waals surface area (Å²) in [6.07, 6.45) is -0.0693. The van der Waals surface area contributed by atoms with E-state index in [0.29, 0.717) is 6.54 Å². The van der Waals surface area contributed by atoms with Crippen molar-refractivity contribution in [1.29, 1.82) is 0 Å². The van der Waals surface area contributed by atoms with Gasteiger partial charge in [0.1, 0.15) is 5.69 Å². The fourth-order valence-electron chi connectivity index (χ4n) is 1.99. The predicted molar refractivity (Wildman–Crippen MR) is 72.7 cm³/mol. The first-order valence-corrected chi connectivity index (χ1v) is 6.94. The summed E-state index contributed by atoms with van der Waals surface area (Å²) in [5, 5.41) is 3.07. The fraction of sp³-hybridized carbons (Fsp3) is 0.643. The molecule has 1 rings (SSSR count). The van der Waals surface area contributed by atoms with Crippen LogP contribution in [0.5, 0.6) is 0 Å². The monoisotopic (exact) mass is 290 g/mol. The van der Waals surface area contributed by atoms with Crippen LogP contribution in [-0.4, -0.2) is 17.7 Å². The molecule has 114 valence electrons. The van der Waals surface area contributed by atoms with Gasteiger partial charge in [-0.25, -0.2) is 0 Å². The Labute approximate surface area is 116 Å². The maximum atomic E-state index is 12.8. The van der Waals surface area contributed by atoms with Crippen LogP contribution in [0.2, 0.25) is 0 Å². The molecule has 6 heteroatoms. The van der Waals surface area contributed by atoms with Gasteiger partial charge in [0, 0.05) is 19.2 Å². The summed E-state index contributed by atoms with van der Waals surface area (Å²) in [4.78, 5) is 11.5. The van der Waals surface area contributed by atoms with Crippen molar-refractivity contribution in [2.75, 3.05) is 13.1 Å². The molecule has 0 atom stereocenters. The second-order valence-electron chi connectivity index (χ2n) is 4.71. The summed E-state index contributed by atoms with van der Waals surface area (Å²) >= 11 is 0. The molecule has 0 spiro atoms. The van der Waals surface area contributed by atoms with Crippen molar-refractivity contribution in [3.05, 3.63) is 34.2 Å². The van der Waals surface area contributed by atoms with Gasteiger partial charge in [-0.2, -0.15) is 13.2 Å². The highest BCUT2D eigenvalue weighted by atomic mass is 19.4. The average Bonchev–Trinajstić information content (AvgIpc) is 2.38. The Balaban J connectivity index is 2.50. The first kappa shape index (κ1) is 16.8. The van der Waals surface area contributed by atoms with E-state index in [1.165, 1.54) is 0 Å². The normalized spacial score (nSPS) is 11.8. The summed E-state index contributed by atoms with van der Waals surface area (Å²) in [5.41, 5.74) is -1.51. The molecule has 0 fully saturated rings. The Kier molecular flexibility index (Phi) is 6.78. The van der Waals surface area contributed by atoms with Crippen molar-refractivity contribution < 1.29 is 13.2 Å². The van der Waals surface area contributed by atoms with Gasteiger partial charge in [0.05, 0.1) is 0 Å². The topological polar surface area (TPSA) is 34.0 Å². The molecule has 0 saturated carbocycles. The van der Waals surface area contributed by atoms with Gasteiger partial charge < -0.3 is 9.88 Å². The van der Waals surface area contributed by atoms with Gasteiger partial charge in [-0.05, 0) is 19.0 Å². The zero-order valence-electron chi connectivity index (χ0n) is 11.7. The minimum absolute atomic E-state index is 0.0301. The molecule has 0 amide bonds. The highest BCUT2D eigenvalue weighted by Gasteiger charge is 2.33. The lowest BCUT2D eigenvalue weighted by molar-refractivity contribution is -0.144. The van der Waals surface area contributed by atoms with Crippen molar-refractivity contribution in [3.8, 4) is 0 Å². The van der Waals surface area contributed by atoms with Gasteiger partial charge in [-0.3, -0.25) is 4.79 Å². The molecular weight excluding hydrogens is 269 g/mol. The quantitative estimate of drug-likeness (QED) is 0.747. The Morgan fingerprint density at radius 3 is 2.55 bits per heavy atom. The van der Waals surface area contributed by atoms with Crippen LogP contribution in [0, 0.1) is 0 Å². The van der Waals surface area contributed by atoms with E-state index in [2.05, 4.69) is 12.2 Å². The maximum absolute atomic E-state index is 12.8. The van der Waals surface area contributed by atoms with Gasteiger partial charge in [0.25, 0.3) is 5.56 Å². The van der Waals surface area contributed by atoms with Gasteiger partial charge in [-0.1, -0.05) is 32.3 Å². The molecule has 0 aromatic carbocycles. The van der Waals surface area contributed by atoms with Crippen LogP contribution in [0.15, 0.2) is 23.0 Å². The molecule has 20 heavy (non-hydrogen) atoms. The molecule has 0 radical (unpaired) electrons. The van der Waals surface area contributed by atoms with Crippen molar-refractivity contribution in [3.63, 3.8) is 0 Å². The summed E-state index contributed by atoms with van der Waals surface area (Å²) in [6.45, 7) is 3.28. The lowest BCUT2D eigenvalue weighted by Gasteiger charge is -2.15. The van der Waals surface area contributed by atoms with Gasteiger partial charge in [0.15, 0.2) is 0 Å². The van der Waals surface area contributed by atoms with Crippen LogP contribution in [0.3, 0.4) is 0 Å². The largest absolute Gasteiger partial charge is 0.431 e. The molecule has 1 heterocycles. The standard InChI is InChI=1S/C14H21F3N2O/c1-2-3-4-5-9-18-10-11-19-12(14(15,16)17)7-6-8-13(19)20/h6-8,18H,2-5,9-11H2,1H3. The highest BCUT2D eigenvalue weighted by Crippen LogP contribution is 2.27. The lowest BCUT2D eigenvalue weighted by atomic mass is 10.2. The summed E-state index contributed by atoms with van der Waals surface area (Å²) in [5.74, 6) is 0. The second-order valence-corrected chi connectivity index (χ2v) is 4.71. The Morgan fingerprint density at radius 2 is 1.90 bits per heavy atom. The molecule has 0 bridgehead atoms. The number of rotatable bonds is 8. The smallest absolute Gasteiger partial charge is 0.315 e. The van der Waals surface area contributed by atoms with Crippen LogP contribution in [-0.2, 0) is 12.7 Å². The van der Waals surface area contributed by atoms with E-state index in [1.54, 1.807) is 0 Å². The van der Waals surface area contributed by atoms with Crippen molar-refractivity contribution in [2.45, 2.75) is 45.3 Å². The third kappa shape index (κ3) is 5.36. The number of unbranched alkanes of at least 4 members (excludes halogenated alkanes) is 3. The maximum Gasteiger partial charge on any atom is 0.431 e. The van der Waals surface area contributed by atoms with Crippen LogP contribution in [0.1, 0.15) is 38.3 Å². The van der Waals surface area contributed by atoms with Crippen molar-refractivity contribution in [1.82, 2.24) is 9.88 Å². The molecule has 0 aliphatic rings. The number of aromatic nitrogens is 1. The third-order valence-electron chi connectivity index (χ3n) is 3.06. The molecule has 1 N–H and O–H groups in total. The van der Waals surface area contributed by atoms with Crippen LogP contribution < -0.4 is 10.9 Å². The molecule has 0 aliphatic heterocycles. The van der Waals surface area contributed by atoms with Crippen molar-refractivity contribution in [2.24, 2.45) is 0 Å². The van der Waals surface area contributed by atoms with Gasteiger partial charge >= 0.3 is 6.18 Å². The molecule has 0 unspecified atom stereocenters. The molecular formula is C14H21F3N2O. The summed E-state index contributed by atoms with van der Waals surface area (Å²) in [6, 6.07) is 3.22. The van der Waals surface area contributed by atoms with Crippen LogP contribution in [0.25, 0.3) is 0 Å². The predicted octanol–water partition coefficient (Wildman–Crippen LogP) is 3.04. The minimum atomic E-state index is -4.50. The van der Waals surface area contributed by atoms with Gasteiger partial charge in [-0.15, -0.1) is 0 Å². The Hall–Kier alpha value is -1.30. The number of alkyl halides is 3. The van der Waals surface area contributed by atoms with Gasteiger partial charge in [0.2, 0.25) is 0 Å². The second kappa shape index (κ2) is 8.09. The first-order chi connectivity index (χ1) is 9.46. The number of nitrogens with one attached hydrogen (secondary N) is 1. The Morgan fingerprint density at radius 1 is 1.15 bits per heavy atom. The molecule has 0 aliphatic carbocycles. The lowest BCUT2D eigenvalue weighted by Crippen LogP contribution is -2.31. The fourth-order valence-corrected chi connectivity index (χ4v) is 1.99. The molecule has 1 aromatic heterocycles. The van der Waals surface area contributed by atoms with Crippen LogP contribution in [0.4, 0.5) is 13.2 Å². The number of halogens is 3. The number of hydrogen-bond acceptors (Lipinski definition) is 2. The van der Waals surface area contributed by atoms with E-state index in [9.17, 15) is 18.0 Å². The van der Waals surface area contributed by atoms with E-state index in [1.807, 2.05) is 0 Å². The Bertz CT molecular complexity index is 454. The van der Waals surface area contributed by atoms with E-state index in [-0.39, 0.29) is 6.54 Å². The molecule has 0 saturated heterocycles. The zero-order chi connectivity index (χ0) is 15.0. The number of nitrogens with zero attached hydrogens (tertiary/aromatic N) is 1. The van der Waals surface area contributed by atoms with E-state index < -0.39 is 17.4 Å². The zero-order valence-corrected chi connectivity index (χ0v) is 11.7. The average molecular weight is 290 g/mol. The van der Waals surface area contributed by atoms with Crippen LogP contribution >= 0.6 is 0 Å². The SMILES string of the molecule is CCCCCCNCCn1c(C(F)(F)F)cccc1=O. The molecule has 3 nitrogen and oxygen atoms in total. The summed E-state index contributed by atoms with van der Waals surface area (Å²) in [7, 11) is 0. The number of hydrogen-bond donors (Lipinski definition) is 1. The van der Waals surface area contributed by atoms with Crippen molar-refractivity contribution >= 4 is 0 Å². The summed E-state index contributed by atoms with van der Waals surface area (Å²) < 4.78 is 39.1. The first-order valence-electron chi connectivity index (χ1n) is 6.94. The highest BCUT2D eigenvalue weighted by molar-refractivity contribution is 5.10. The third-order valence-corrected chi connectivity index (χ3v) is 3.06. The van der Waals surface area contributed by atoms with E-state index in [4.69, 9.17) is 0 Å². The van der Waals surface area contributed by atoms with E-state index >= 15 is 0 Å². The number of pyridine rings is 1. The van der Waals surface area contributed by atoms with E-state index in [0.717, 1.165) is 55.0 Å². The molecule has 1 aromatic rings. The minimum Gasteiger partial charge on any atom is -0.315 e.